The Balaban J connectivity index is 1.00. The van der Waals surface area contributed by atoms with Crippen LogP contribution in [0.1, 0.15) is 25.0 Å². The lowest BCUT2D eigenvalue weighted by Crippen LogP contribution is -2.14. The Bertz CT molecular complexity index is 3580. The lowest BCUT2D eigenvalue weighted by Gasteiger charge is -2.22. The van der Waals surface area contributed by atoms with E-state index in [4.69, 9.17) is 9.97 Å². The molecule has 0 fully saturated rings. The molecule has 0 saturated carbocycles. The van der Waals surface area contributed by atoms with Crippen molar-refractivity contribution in [2.75, 3.05) is 0 Å². The van der Waals surface area contributed by atoms with Crippen LogP contribution in [0.2, 0.25) is 0 Å². The Morgan fingerprint density at radius 1 is 0.286 bits per heavy atom. The van der Waals surface area contributed by atoms with Crippen LogP contribution in [0.3, 0.4) is 0 Å². The Morgan fingerprint density at radius 2 is 0.778 bits per heavy atom. The van der Waals surface area contributed by atoms with E-state index in [0.717, 1.165) is 50.0 Å². The molecule has 0 unspecified atom stereocenters. The zero-order valence-electron chi connectivity index (χ0n) is 35.2. The van der Waals surface area contributed by atoms with Gasteiger partial charge in [-0.1, -0.05) is 202 Å². The molecule has 1 aromatic heterocycles. The van der Waals surface area contributed by atoms with Crippen LogP contribution in [-0.4, -0.2) is 9.97 Å². The van der Waals surface area contributed by atoms with Crippen LogP contribution in [0, 0.1) is 0 Å². The largest absolute Gasteiger partial charge is 0.228 e. The average Bonchev–Trinajstić information content (AvgIpc) is 3.57. The van der Waals surface area contributed by atoms with E-state index in [-0.39, 0.29) is 5.41 Å². The summed E-state index contributed by atoms with van der Waals surface area (Å²) in [5, 5.41) is 7.31. The molecule has 1 aliphatic carbocycles. The third-order valence-electron chi connectivity index (χ3n) is 13.3. The zero-order chi connectivity index (χ0) is 42.1. The monoisotopic (exact) mass is 802 g/mol. The summed E-state index contributed by atoms with van der Waals surface area (Å²) < 4.78 is 0. The van der Waals surface area contributed by atoms with Gasteiger partial charge in [-0.05, 0) is 118 Å². The first-order chi connectivity index (χ1) is 31.0. The summed E-state index contributed by atoms with van der Waals surface area (Å²) in [4.78, 5) is 10.7. The highest BCUT2D eigenvalue weighted by atomic mass is 14.9. The third-order valence-corrected chi connectivity index (χ3v) is 13.3. The van der Waals surface area contributed by atoms with Crippen molar-refractivity contribution in [3.63, 3.8) is 0 Å². The molecule has 296 valence electrons. The number of fused-ring (bicyclic) bond motifs is 6. The van der Waals surface area contributed by atoms with Gasteiger partial charge in [-0.2, -0.15) is 0 Å². The van der Waals surface area contributed by atoms with Gasteiger partial charge in [0.1, 0.15) is 0 Å². The van der Waals surface area contributed by atoms with Gasteiger partial charge in [-0.15, -0.1) is 0 Å². The molecule has 0 N–H and O–H groups in total. The van der Waals surface area contributed by atoms with Gasteiger partial charge in [0.15, 0.2) is 5.82 Å². The lowest BCUT2D eigenvalue weighted by atomic mass is 9.81. The van der Waals surface area contributed by atoms with Crippen LogP contribution in [0.4, 0.5) is 0 Å². The minimum Gasteiger partial charge on any atom is -0.228 e. The van der Waals surface area contributed by atoms with Gasteiger partial charge >= 0.3 is 0 Å². The molecule has 1 aliphatic rings. The van der Waals surface area contributed by atoms with Crippen LogP contribution in [0.15, 0.2) is 218 Å². The minimum absolute atomic E-state index is 0.0749. The van der Waals surface area contributed by atoms with E-state index < -0.39 is 0 Å². The number of rotatable bonds is 6. The summed E-state index contributed by atoms with van der Waals surface area (Å²) in [5.41, 5.74) is 17.4. The van der Waals surface area contributed by atoms with Crippen LogP contribution in [0.5, 0.6) is 0 Å². The number of hydrogen-bond donors (Lipinski definition) is 0. The van der Waals surface area contributed by atoms with E-state index in [0.29, 0.717) is 5.82 Å². The molecule has 11 aromatic rings. The van der Waals surface area contributed by atoms with Crippen LogP contribution in [-0.2, 0) is 5.41 Å². The van der Waals surface area contributed by atoms with Gasteiger partial charge in [0.05, 0.1) is 11.4 Å². The molecule has 10 aromatic carbocycles. The van der Waals surface area contributed by atoms with Crippen molar-refractivity contribution in [3.8, 4) is 78.4 Å². The summed E-state index contributed by atoms with van der Waals surface area (Å²) in [7, 11) is 0. The molecule has 2 heteroatoms. The standard InChI is InChI=1S/C61H42N2/c1-61(2)56-34-29-43(36-54(56)55-35-41-21-9-10-22-42(41)37-57(55)61)45-30-31-50(47-25-13-12-24-46(45)47)51-32-33-53(49-27-15-14-26-48(49)51)60-62-58(40-19-7-4-8-20-40)38-59(63-60)52-28-16-11-23-44(52)39-17-5-3-6-18-39/h3-38H,1-2H3. The summed E-state index contributed by atoms with van der Waals surface area (Å²) in [6, 6.07) is 79.1. The highest BCUT2D eigenvalue weighted by Crippen LogP contribution is 2.51. The first-order valence-electron chi connectivity index (χ1n) is 21.8. The van der Waals surface area contributed by atoms with E-state index in [1.165, 1.54) is 66.1 Å². The van der Waals surface area contributed by atoms with E-state index in [9.17, 15) is 0 Å². The molecule has 0 atom stereocenters. The quantitative estimate of drug-likeness (QED) is 0.167. The van der Waals surface area contributed by atoms with Crippen LogP contribution in [0.25, 0.3) is 111 Å². The van der Waals surface area contributed by atoms with Crippen molar-refractivity contribution in [3.05, 3.63) is 230 Å². The van der Waals surface area contributed by atoms with E-state index in [1.807, 2.05) is 6.07 Å². The number of hydrogen-bond acceptors (Lipinski definition) is 2. The van der Waals surface area contributed by atoms with Crippen molar-refractivity contribution in [2.24, 2.45) is 0 Å². The normalized spacial score (nSPS) is 12.7. The highest BCUT2D eigenvalue weighted by Gasteiger charge is 2.36. The first-order valence-corrected chi connectivity index (χ1v) is 21.8. The Labute approximate surface area is 367 Å². The fourth-order valence-corrected chi connectivity index (χ4v) is 10.2. The smallest absolute Gasteiger partial charge is 0.161 e. The number of aromatic nitrogens is 2. The summed E-state index contributed by atoms with van der Waals surface area (Å²) in [5.74, 6) is 0.700. The molecule has 0 aliphatic heterocycles. The lowest BCUT2D eigenvalue weighted by molar-refractivity contribution is 0.661. The van der Waals surface area contributed by atoms with E-state index >= 15 is 0 Å². The molecule has 0 radical (unpaired) electrons. The molecule has 1 heterocycles. The second-order valence-electron chi connectivity index (χ2n) is 17.3. The van der Waals surface area contributed by atoms with Crippen molar-refractivity contribution < 1.29 is 0 Å². The maximum Gasteiger partial charge on any atom is 0.161 e. The van der Waals surface area contributed by atoms with Gasteiger partial charge in [0.2, 0.25) is 0 Å². The van der Waals surface area contributed by atoms with Crippen LogP contribution < -0.4 is 0 Å². The second kappa shape index (κ2) is 14.6. The Morgan fingerprint density at radius 3 is 1.46 bits per heavy atom. The minimum atomic E-state index is -0.0749. The van der Waals surface area contributed by atoms with Crippen molar-refractivity contribution in [1.82, 2.24) is 9.97 Å². The third kappa shape index (κ3) is 6.09. The SMILES string of the molecule is CC1(C)c2ccc(-c3ccc(-c4ccc(-c5nc(-c6ccccc6)cc(-c6ccccc6-c6ccccc6)n5)c5ccccc45)c4ccccc34)cc2-c2cc3ccccc3cc21. The molecule has 0 bridgehead atoms. The molecule has 0 spiro atoms. The van der Waals surface area contributed by atoms with Crippen molar-refractivity contribution in [2.45, 2.75) is 19.3 Å². The zero-order valence-corrected chi connectivity index (χ0v) is 35.2. The number of benzene rings is 10. The molecular formula is C61H42N2. The van der Waals surface area contributed by atoms with E-state index in [2.05, 4.69) is 226 Å². The summed E-state index contributed by atoms with van der Waals surface area (Å²) in [6.45, 7) is 4.73. The Kier molecular flexibility index (Phi) is 8.55. The maximum absolute atomic E-state index is 5.38. The van der Waals surface area contributed by atoms with Gasteiger partial charge in [0, 0.05) is 22.1 Å². The van der Waals surface area contributed by atoms with Crippen molar-refractivity contribution >= 4 is 32.3 Å². The predicted molar refractivity (Wildman–Crippen MR) is 265 cm³/mol. The predicted octanol–water partition coefficient (Wildman–Crippen LogP) is 16.2. The molecule has 63 heavy (non-hydrogen) atoms. The molecule has 0 saturated heterocycles. The van der Waals surface area contributed by atoms with Crippen molar-refractivity contribution in [1.29, 1.82) is 0 Å². The highest BCUT2D eigenvalue weighted by molar-refractivity contribution is 6.12. The topological polar surface area (TPSA) is 25.8 Å². The maximum atomic E-state index is 5.38. The first kappa shape index (κ1) is 36.9. The van der Waals surface area contributed by atoms with Gasteiger partial charge in [-0.25, -0.2) is 9.97 Å². The molecule has 2 nitrogen and oxygen atoms in total. The second-order valence-corrected chi connectivity index (χ2v) is 17.3. The summed E-state index contributed by atoms with van der Waals surface area (Å²) in [6.07, 6.45) is 0. The van der Waals surface area contributed by atoms with Crippen LogP contribution >= 0.6 is 0 Å². The summed E-state index contributed by atoms with van der Waals surface area (Å²) >= 11 is 0. The Hall–Kier alpha value is -7.94. The molecular weight excluding hydrogens is 761 g/mol. The van der Waals surface area contributed by atoms with Gasteiger partial charge in [-0.3, -0.25) is 0 Å². The average molecular weight is 803 g/mol. The van der Waals surface area contributed by atoms with Gasteiger partial charge < -0.3 is 0 Å². The molecule has 12 rings (SSSR count). The fraction of sp³-hybridized carbons (Fsp3) is 0.0492. The fourth-order valence-electron chi connectivity index (χ4n) is 10.2. The van der Waals surface area contributed by atoms with Gasteiger partial charge in [0.25, 0.3) is 0 Å². The number of nitrogens with zero attached hydrogens (tertiary/aromatic N) is 2. The molecule has 0 amide bonds. The van der Waals surface area contributed by atoms with E-state index in [1.54, 1.807) is 0 Å².